The van der Waals surface area contributed by atoms with Gasteiger partial charge in [-0.2, -0.15) is 0 Å². The molecule has 2 N–H and O–H groups in total. The van der Waals surface area contributed by atoms with E-state index in [4.69, 9.17) is 0 Å². The topological polar surface area (TPSA) is 53.1 Å². The summed E-state index contributed by atoms with van der Waals surface area (Å²) in [7, 11) is 2.12. The van der Waals surface area contributed by atoms with Crippen molar-refractivity contribution in [2.45, 2.75) is 45.2 Å². The molecule has 0 amide bonds. The Morgan fingerprint density at radius 2 is 1.95 bits per heavy atom. The molecule has 1 fully saturated rings. The summed E-state index contributed by atoms with van der Waals surface area (Å²) in [6, 6.07) is 2.60. The predicted molar refractivity (Wildman–Crippen MR) is 79.7 cm³/mol. The lowest BCUT2D eigenvalue weighted by molar-refractivity contribution is 0.441. The van der Waals surface area contributed by atoms with E-state index in [9.17, 15) is 0 Å². The van der Waals surface area contributed by atoms with Crippen LogP contribution in [0.2, 0.25) is 0 Å². The van der Waals surface area contributed by atoms with Gasteiger partial charge in [0, 0.05) is 24.7 Å². The molecule has 5 nitrogen and oxygen atoms in total. The summed E-state index contributed by atoms with van der Waals surface area (Å²) >= 11 is 0. The number of nitrogens with one attached hydrogen (secondary N) is 2. The first kappa shape index (κ1) is 14.1. The number of rotatable bonds is 3. The van der Waals surface area contributed by atoms with Gasteiger partial charge in [-0.1, -0.05) is 0 Å². The fourth-order valence-electron chi connectivity index (χ4n) is 2.37. The maximum atomic E-state index is 4.40. The van der Waals surface area contributed by atoms with Crippen molar-refractivity contribution in [1.29, 1.82) is 0 Å². The number of hydrogen-bond donors (Lipinski definition) is 2. The monoisotopic (exact) mass is 263 g/mol. The van der Waals surface area contributed by atoms with Crippen LogP contribution in [0.25, 0.3) is 0 Å². The molecule has 0 bridgehead atoms. The largest absolute Gasteiger partial charge is 0.365 e. The lowest BCUT2D eigenvalue weighted by Crippen LogP contribution is -2.41. The van der Waals surface area contributed by atoms with Crippen molar-refractivity contribution in [3.8, 4) is 0 Å². The number of nitrogens with zero attached hydrogens (tertiary/aromatic N) is 3. The average molecular weight is 263 g/mol. The maximum absolute atomic E-state index is 4.40. The number of anilines is 2. The Kier molecular flexibility index (Phi) is 4.24. The molecule has 1 aliphatic heterocycles. The van der Waals surface area contributed by atoms with Crippen LogP contribution < -0.4 is 15.5 Å². The zero-order valence-electron chi connectivity index (χ0n) is 12.4. The highest BCUT2D eigenvalue weighted by atomic mass is 15.2. The molecule has 1 aromatic heterocycles. The van der Waals surface area contributed by atoms with Gasteiger partial charge in [0.2, 0.25) is 0 Å². The van der Waals surface area contributed by atoms with E-state index in [2.05, 4.69) is 53.3 Å². The summed E-state index contributed by atoms with van der Waals surface area (Å²) in [5.41, 5.74) is 0.0129. The molecule has 0 aliphatic carbocycles. The van der Waals surface area contributed by atoms with E-state index in [1.54, 1.807) is 6.33 Å². The molecule has 1 saturated heterocycles. The smallest absolute Gasteiger partial charge is 0.134 e. The predicted octanol–water partition coefficient (Wildman–Crippen LogP) is 1.88. The van der Waals surface area contributed by atoms with E-state index in [1.165, 1.54) is 12.8 Å². The second-order valence-electron chi connectivity index (χ2n) is 6.23. The molecule has 5 heteroatoms. The SMILES string of the molecule is CN(c1cc(NC(C)(C)C)ncn1)C1CCNCC1. The highest BCUT2D eigenvalue weighted by molar-refractivity contribution is 5.49. The van der Waals surface area contributed by atoms with Gasteiger partial charge in [-0.05, 0) is 46.7 Å². The Morgan fingerprint density at radius 3 is 2.58 bits per heavy atom. The summed E-state index contributed by atoms with van der Waals surface area (Å²) in [5, 5.41) is 6.78. The molecular formula is C14H25N5. The van der Waals surface area contributed by atoms with E-state index in [-0.39, 0.29) is 5.54 Å². The Labute approximate surface area is 115 Å². The molecule has 0 saturated carbocycles. The summed E-state index contributed by atoms with van der Waals surface area (Å²) in [4.78, 5) is 11.0. The van der Waals surface area contributed by atoms with Crippen molar-refractivity contribution < 1.29 is 0 Å². The molecule has 2 heterocycles. The molecule has 19 heavy (non-hydrogen) atoms. The average Bonchev–Trinajstić information content (AvgIpc) is 2.37. The quantitative estimate of drug-likeness (QED) is 0.872. The van der Waals surface area contributed by atoms with Gasteiger partial charge < -0.3 is 15.5 Å². The van der Waals surface area contributed by atoms with Crippen LogP contribution in [0, 0.1) is 0 Å². The van der Waals surface area contributed by atoms with Gasteiger partial charge in [0.1, 0.15) is 18.0 Å². The Bertz CT molecular complexity index is 407. The molecule has 106 valence electrons. The van der Waals surface area contributed by atoms with Gasteiger partial charge in [-0.3, -0.25) is 0 Å². The van der Waals surface area contributed by atoms with Crippen LogP contribution in [0.5, 0.6) is 0 Å². The van der Waals surface area contributed by atoms with Gasteiger partial charge >= 0.3 is 0 Å². The third-order valence-corrected chi connectivity index (χ3v) is 3.37. The van der Waals surface area contributed by atoms with Crippen molar-refractivity contribution in [3.63, 3.8) is 0 Å². The highest BCUT2D eigenvalue weighted by Gasteiger charge is 2.19. The third-order valence-electron chi connectivity index (χ3n) is 3.37. The molecule has 1 aliphatic rings. The minimum absolute atomic E-state index is 0.0129. The van der Waals surface area contributed by atoms with Crippen LogP contribution in [0.4, 0.5) is 11.6 Å². The summed E-state index contributed by atoms with van der Waals surface area (Å²) < 4.78 is 0. The van der Waals surface area contributed by atoms with Crippen LogP contribution in [-0.2, 0) is 0 Å². The Morgan fingerprint density at radius 1 is 1.26 bits per heavy atom. The van der Waals surface area contributed by atoms with Crippen molar-refractivity contribution in [1.82, 2.24) is 15.3 Å². The molecule has 2 rings (SSSR count). The normalized spacial score (nSPS) is 17.3. The van der Waals surface area contributed by atoms with Gasteiger partial charge in [0.15, 0.2) is 0 Å². The van der Waals surface area contributed by atoms with E-state index in [1.807, 2.05) is 6.07 Å². The van der Waals surface area contributed by atoms with Crippen LogP contribution in [0.3, 0.4) is 0 Å². The first-order valence-corrected chi connectivity index (χ1v) is 6.99. The number of hydrogen-bond acceptors (Lipinski definition) is 5. The molecule has 0 unspecified atom stereocenters. The molecule has 0 atom stereocenters. The number of piperidine rings is 1. The zero-order valence-corrected chi connectivity index (χ0v) is 12.4. The first-order chi connectivity index (χ1) is 8.96. The summed E-state index contributed by atoms with van der Waals surface area (Å²) in [6.45, 7) is 8.57. The third kappa shape index (κ3) is 4.06. The molecular weight excluding hydrogens is 238 g/mol. The molecule has 0 aromatic carbocycles. The van der Waals surface area contributed by atoms with Crippen molar-refractivity contribution in [2.24, 2.45) is 0 Å². The summed E-state index contributed by atoms with van der Waals surface area (Å²) in [6.07, 6.45) is 3.98. The molecule has 1 aromatic rings. The van der Waals surface area contributed by atoms with Gasteiger partial charge in [-0.15, -0.1) is 0 Å². The van der Waals surface area contributed by atoms with Crippen molar-refractivity contribution >= 4 is 11.6 Å². The molecule has 0 spiro atoms. The van der Waals surface area contributed by atoms with Crippen LogP contribution in [0.1, 0.15) is 33.6 Å². The standard InChI is InChI=1S/C14H25N5/c1-14(2,3)18-12-9-13(17-10-16-12)19(4)11-5-7-15-8-6-11/h9-11,15H,5-8H2,1-4H3,(H,16,17,18). The Hall–Kier alpha value is -1.36. The van der Waals surface area contributed by atoms with Crippen LogP contribution >= 0.6 is 0 Å². The van der Waals surface area contributed by atoms with Crippen LogP contribution in [-0.4, -0.2) is 41.7 Å². The number of aromatic nitrogens is 2. The maximum Gasteiger partial charge on any atom is 0.134 e. The lowest BCUT2D eigenvalue weighted by atomic mass is 10.1. The minimum Gasteiger partial charge on any atom is -0.365 e. The second kappa shape index (κ2) is 5.74. The van der Waals surface area contributed by atoms with Gasteiger partial charge in [0.25, 0.3) is 0 Å². The van der Waals surface area contributed by atoms with Crippen molar-refractivity contribution in [3.05, 3.63) is 12.4 Å². The van der Waals surface area contributed by atoms with E-state index >= 15 is 0 Å². The van der Waals surface area contributed by atoms with E-state index in [0.717, 1.165) is 24.7 Å². The van der Waals surface area contributed by atoms with E-state index in [0.29, 0.717) is 6.04 Å². The van der Waals surface area contributed by atoms with Crippen LogP contribution in [0.15, 0.2) is 12.4 Å². The Balaban J connectivity index is 2.09. The highest BCUT2D eigenvalue weighted by Crippen LogP contribution is 2.20. The lowest BCUT2D eigenvalue weighted by Gasteiger charge is -2.32. The zero-order chi connectivity index (χ0) is 13.9. The van der Waals surface area contributed by atoms with Gasteiger partial charge in [0.05, 0.1) is 0 Å². The van der Waals surface area contributed by atoms with E-state index < -0.39 is 0 Å². The van der Waals surface area contributed by atoms with Crippen molar-refractivity contribution in [2.75, 3.05) is 30.4 Å². The summed E-state index contributed by atoms with van der Waals surface area (Å²) in [5.74, 6) is 1.88. The second-order valence-corrected chi connectivity index (χ2v) is 6.23. The van der Waals surface area contributed by atoms with Gasteiger partial charge in [-0.25, -0.2) is 9.97 Å². The fraction of sp³-hybridized carbons (Fsp3) is 0.714. The molecule has 0 radical (unpaired) electrons. The first-order valence-electron chi connectivity index (χ1n) is 6.99. The minimum atomic E-state index is 0.0129. The fourth-order valence-corrected chi connectivity index (χ4v) is 2.37.